The number of benzene rings is 2. The van der Waals surface area contributed by atoms with Crippen LogP contribution in [0.4, 0.5) is 0 Å². The number of aromatic amines is 1. The number of hydrogen-bond acceptors (Lipinski definition) is 6. The van der Waals surface area contributed by atoms with E-state index in [2.05, 4.69) is 4.98 Å². The predicted molar refractivity (Wildman–Crippen MR) is 128 cm³/mol. The molecule has 0 amide bonds. The Hall–Kier alpha value is -3.01. The van der Waals surface area contributed by atoms with Crippen LogP contribution in [0.1, 0.15) is 39.9 Å². The van der Waals surface area contributed by atoms with Gasteiger partial charge in [0, 0.05) is 25.3 Å². The quantitative estimate of drug-likeness (QED) is 0.516. The van der Waals surface area contributed by atoms with Crippen LogP contribution in [0.2, 0.25) is 0 Å². The Morgan fingerprint density at radius 3 is 2.68 bits per heavy atom. The molecular formula is C25H28N2O6S. The summed E-state index contributed by atoms with van der Waals surface area (Å²) in [5.74, 6) is -0.745. The van der Waals surface area contributed by atoms with Crippen molar-refractivity contribution in [2.45, 2.75) is 44.2 Å². The lowest BCUT2D eigenvalue weighted by atomic mass is 10.0. The van der Waals surface area contributed by atoms with E-state index >= 15 is 0 Å². The highest BCUT2D eigenvalue weighted by Crippen LogP contribution is 2.26. The summed E-state index contributed by atoms with van der Waals surface area (Å²) in [7, 11) is -2.96. The lowest BCUT2D eigenvalue weighted by Gasteiger charge is -2.25. The third kappa shape index (κ3) is 4.64. The number of aromatic nitrogens is 1. The van der Waals surface area contributed by atoms with E-state index in [1.165, 1.54) is 23.5 Å². The number of carbonyl (C=O) groups excluding carboxylic acids is 1. The first-order valence-corrected chi connectivity index (χ1v) is 12.6. The average molecular weight is 485 g/mol. The summed E-state index contributed by atoms with van der Waals surface area (Å²) in [6.45, 7) is 4.38. The topological polar surface area (TPSA) is 106 Å². The van der Waals surface area contributed by atoms with E-state index in [0.717, 1.165) is 34.9 Å². The Balaban J connectivity index is 1.79. The van der Waals surface area contributed by atoms with Crippen molar-refractivity contribution in [1.82, 2.24) is 9.29 Å². The lowest BCUT2D eigenvalue weighted by Crippen LogP contribution is -2.39. The summed E-state index contributed by atoms with van der Waals surface area (Å²) in [5.41, 5.74) is 2.66. The number of ether oxygens (including phenoxy) is 2. The second-order valence-electron chi connectivity index (χ2n) is 8.52. The summed E-state index contributed by atoms with van der Waals surface area (Å²) in [5, 5.41) is 0.821. The van der Waals surface area contributed by atoms with Gasteiger partial charge in [-0.15, -0.1) is 0 Å². The number of nitrogens with one attached hydrogen (secondary N) is 1. The van der Waals surface area contributed by atoms with Gasteiger partial charge < -0.3 is 14.5 Å². The van der Waals surface area contributed by atoms with Gasteiger partial charge in [-0.25, -0.2) is 13.2 Å². The van der Waals surface area contributed by atoms with Gasteiger partial charge >= 0.3 is 5.97 Å². The van der Waals surface area contributed by atoms with E-state index in [1.54, 1.807) is 18.2 Å². The van der Waals surface area contributed by atoms with Crippen LogP contribution in [0, 0.1) is 13.8 Å². The van der Waals surface area contributed by atoms with Gasteiger partial charge in [0.1, 0.15) is 0 Å². The van der Waals surface area contributed by atoms with Crippen molar-refractivity contribution in [2.75, 3.05) is 20.3 Å². The molecule has 1 aliphatic heterocycles. The summed E-state index contributed by atoms with van der Waals surface area (Å²) in [6.07, 6.45) is 1.27. The van der Waals surface area contributed by atoms with E-state index in [0.29, 0.717) is 12.2 Å². The number of methoxy groups -OCH3 is 1. The molecule has 0 spiro atoms. The molecule has 0 radical (unpaired) electrons. The molecule has 2 heterocycles. The summed E-state index contributed by atoms with van der Waals surface area (Å²) in [6, 6.07) is 11.5. The molecule has 8 nitrogen and oxygen atoms in total. The van der Waals surface area contributed by atoms with Crippen molar-refractivity contribution in [3.05, 3.63) is 75.1 Å². The minimum Gasteiger partial charge on any atom is -0.465 e. The zero-order valence-corrected chi connectivity index (χ0v) is 20.3. The molecule has 1 N–H and O–H groups in total. The fourth-order valence-corrected chi connectivity index (χ4v) is 5.88. The summed E-state index contributed by atoms with van der Waals surface area (Å²) >= 11 is 0. The van der Waals surface area contributed by atoms with Crippen molar-refractivity contribution >= 4 is 26.9 Å². The Morgan fingerprint density at radius 2 is 1.97 bits per heavy atom. The number of sulfonamides is 1. The van der Waals surface area contributed by atoms with Crippen molar-refractivity contribution in [2.24, 2.45) is 0 Å². The maximum atomic E-state index is 13.8. The number of pyridine rings is 1. The molecule has 1 aliphatic rings. The molecule has 0 aliphatic carbocycles. The second kappa shape index (κ2) is 9.69. The first-order chi connectivity index (χ1) is 16.2. The van der Waals surface area contributed by atoms with Crippen LogP contribution in [0.25, 0.3) is 10.9 Å². The Kier molecular flexibility index (Phi) is 6.88. The van der Waals surface area contributed by atoms with Crippen LogP contribution in [0.5, 0.6) is 0 Å². The summed E-state index contributed by atoms with van der Waals surface area (Å²) in [4.78, 5) is 28.0. The second-order valence-corrected chi connectivity index (χ2v) is 10.4. The SMILES string of the molecule is COC(=O)c1ccccc1S(=O)(=O)N(Cc1cc2ccc(C)c(C)c2[nH]c1=O)C[C@@H]1CCCO1. The molecule has 2 aromatic carbocycles. The molecule has 180 valence electrons. The van der Waals surface area contributed by atoms with Gasteiger partial charge in [0.25, 0.3) is 5.56 Å². The van der Waals surface area contributed by atoms with Crippen LogP contribution < -0.4 is 5.56 Å². The van der Waals surface area contributed by atoms with E-state index in [9.17, 15) is 18.0 Å². The van der Waals surface area contributed by atoms with Crippen molar-refractivity contribution in [1.29, 1.82) is 0 Å². The lowest BCUT2D eigenvalue weighted by molar-refractivity contribution is 0.0596. The van der Waals surface area contributed by atoms with Gasteiger partial charge in [-0.3, -0.25) is 4.79 Å². The number of hydrogen-bond donors (Lipinski definition) is 1. The van der Waals surface area contributed by atoms with Crippen molar-refractivity contribution in [3.8, 4) is 0 Å². The van der Waals surface area contributed by atoms with E-state index < -0.39 is 16.0 Å². The smallest absolute Gasteiger partial charge is 0.339 e. The number of carbonyl (C=O) groups is 1. The maximum absolute atomic E-state index is 13.8. The number of aryl methyl sites for hydroxylation is 2. The van der Waals surface area contributed by atoms with Crippen LogP contribution >= 0.6 is 0 Å². The third-order valence-electron chi connectivity index (χ3n) is 6.32. The Morgan fingerprint density at radius 1 is 1.21 bits per heavy atom. The number of nitrogens with zero attached hydrogens (tertiary/aromatic N) is 1. The highest BCUT2D eigenvalue weighted by molar-refractivity contribution is 7.89. The minimum absolute atomic E-state index is 0.0548. The van der Waals surface area contributed by atoms with Crippen LogP contribution in [0.15, 0.2) is 52.2 Å². The van der Waals surface area contributed by atoms with Gasteiger partial charge in [0.05, 0.1) is 29.2 Å². The highest BCUT2D eigenvalue weighted by atomic mass is 32.2. The van der Waals surface area contributed by atoms with Crippen LogP contribution in [0.3, 0.4) is 0 Å². The average Bonchev–Trinajstić information content (AvgIpc) is 3.35. The first-order valence-electron chi connectivity index (χ1n) is 11.1. The summed E-state index contributed by atoms with van der Waals surface area (Å²) < 4.78 is 39.3. The molecule has 1 fully saturated rings. The molecular weight excluding hydrogens is 456 g/mol. The molecule has 34 heavy (non-hydrogen) atoms. The fraction of sp³-hybridized carbons (Fsp3) is 0.360. The fourth-order valence-electron chi connectivity index (χ4n) is 4.25. The maximum Gasteiger partial charge on any atom is 0.339 e. The van der Waals surface area contributed by atoms with Gasteiger partial charge in [-0.2, -0.15) is 4.31 Å². The number of rotatable bonds is 7. The molecule has 0 unspecified atom stereocenters. The van der Waals surface area contributed by atoms with Crippen LogP contribution in [-0.2, 0) is 26.0 Å². The zero-order valence-electron chi connectivity index (χ0n) is 19.5. The van der Waals surface area contributed by atoms with E-state index in [-0.39, 0.29) is 35.2 Å². The molecule has 0 bridgehead atoms. The van der Waals surface area contributed by atoms with Gasteiger partial charge in [0.2, 0.25) is 10.0 Å². The van der Waals surface area contributed by atoms with Gasteiger partial charge in [0.15, 0.2) is 0 Å². The largest absolute Gasteiger partial charge is 0.465 e. The number of H-pyrrole nitrogens is 1. The number of fused-ring (bicyclic) bond motifs is 1. The monoisotopic (exact) mass is 484 g/mol. The van der Waals surface area contributed by atoms with Crippen LogP contribution in [-0.4, -0.2) is 50.0 Å². The van der Waals surface area contributed by atoms with Crippen molar-refractivity contribution in [3.63, 3.8) is 0 Å². The molecule has 4 rings (SSSR count). The van der Waals surface area contributed by atoms with E-state index in [4.69, 9.17) is 9.47 Å². The highest BCUT2D eigenvalue weighted by Gasteiger charge is 2.33. The molecule has 9 heteroatoms. The van der Waals surface area contributed by atoms with Gasteiger partial charge in [-0.05, 0) is 61.4 Å². The third-order valence-corrected chi connectivity index (χ3v) is 8.19. The molecule has 3 aromatic rings. The Labute approximate surface area is 198 Å². The van der Waals surface area contributed by atoms with E-state index in [1.807, 2.05) is 26.0 Å². The normalized spacial score (nSPS) is 16.3. The molecule has 1 atom stereocenters. The zero-order chi connectivity index (χ0) is 24.5. The minimum atomic E-state index is -4.16. The Bertz CT molecular complexity index is 1390. The standard InChI is InChI=1S/C25H28N2O6S/c1-16-10-11-18-13-19(24(28)26-23(18)17(16)2)14-27(15-20-7-6-12-33-20)34(30,31)22-9-5-4-8-21(22)25(29)32-3/h4-5,8-11,13,20H,6-7,12,14-15H2,1-3H3,(H,26,28)/t20-/m0/s1. The molecule has 1 aromatic heterocycles. The van der Waals surface area contributed by atoms with Gasteiger partial charge in [-0.1, -0.05) is 24.3 Å². The first kappa shape index (κ1) is 24.1. The predicted octanol–water partition coefficient (Wildman–Crippen LogP) is 3.30. The molecule has 1 saturated heterocycles. The number of esters is 1. The van der Waals surface area contributed by atoms with Crippen molar-refractivity contribution < 1.29 is 22.7 Å². The molecule has 0 saturated carbocycles.